The van der Waals surface area contributed by atoms with E-state index in [2.05, 4.69) is 112 Å². The van der Waals surface area contributed by atoms with Crippen LogP contribution in [0.1, 0.15) is 316 Å². The summed E-state index contributed by atoms with van der Waals surface area (Å²) in [5.74, 6) is 8.07. The van der Waals surface area contributed by atoms with Gasteiger partial charge in [0.15, 0.2) is 0 Å². The van der Waals surface area contributed by atoms with Crippen LogP contribution in [0.4, 0.5) is 0 Å². The third kappa shape index (κ3) is 30.2. The third-order valence-corrected chi connectivity index (χ3v) is 18.8. The van der Waals surface area contributed by atoms with Gasteiger partial charge in [-0.15, -0.1) is 0 Å². The van der Waals surface area contributed by atoms with Crippen LogP contribution in [0, 0.1) is 11.8 Å². The molecule has 0 aliphatic heterocycles. The molecule has 6 aromatic rings. The van der Waals surface area contributed by atoms with Gasteiger partial charge in [-0.1, -0.05) is 319 Å². The minimum absolute atomic E-state index is 0.246. The Hall–Kier alpha value is -6.98. The zero-order valence-corrected chi connectivity index (χ0v) is 60.0. The molecule has 0 unspecified atom stereocenters. The summed E-state index contributed by atoms with van der Waals surface area (Å²) in [6, 6.07) is 39.5. The first kappa shape index (κ1) is 78.0. The summed E-state index contributed by atoms with van der Waals surface area (Å²) >= 11 is 0. The van der Waals surface area contributed by atoms with Gasteiger partial charge in [0.2, 0.25) is 0 Å². The van der Waals surface area contributed by atoms with E-state index < -0.39 is 11.9 Å². The maximum absolute atomic E-state index is 11.9. The lowest BCUT2D eigenvalue weighted by Gasteiger charge is -2.19. The molecule has 0 fully saturated rings. The highest BCUT2D eigenvalue weighted by Crippen LogP contribution is 2.44. The third-order valence-electron chi connectivity index (χ3n) is 18.8. The van der Waals surface area contributed by atoms with Crippen LogP contribution in [0.25, 0.3) is 44.5 Å². The number of ether oxygens (including phenoxy) is 4. The van der Waals surface area contributed by atoms with Crippen LogP contribution in [0.3, 0.4) is 0 Å². The van der Waals surface area contributed by atoms with Gasteiger partial charge in [0.25, 0.3) is 0 Å². The maximum atomic E-state index is 11.9. The molecule has 0 amide bonds. The summed E-state index contributed by atoms with van der Waals surface area (Å²) in [5.41, 5.74) is 9.71. The summed E-state index contributed by atoms with van der Waals surface area (Å²) in [4.78, 5) is 23.9. The van der Waals surface area contributed by atoms with Crippen molar-refractivity contribution in [1.29, 1.82) is 0 Å². The van der Waals surface area contributed by atoms with Crippen LogP contribution in [0.5, 0.6) is 23.0 Å². The van der Waals surface area contributed by atoms with E-state index in [0.29, 0.717) is 26.4 Å². The predicted molar refractivity (Wildman–Crippen MR) is 404 cm³/mol. The zero-order chi connectivity index (χ0) is 67.9. The predicted octanol–water partition coefficient (Wildman–Crippen LogP) is 26.3. The number of aromatic carboxylic acids is 2. The van der Waals surface area contributed by atoms with E-state index in [1.165, 1.54) is 205 Å². The summed E-state index contributed by atoms with van der Waals surface area (Å²) < 4.78 is 27.0. The molecule has 522 valence electrons. The Labute approximate surface area is 581 Å². The molecule has 0 aliphatic carbocycles. The topological polar surface area (TPSA) is 112 Å². The smallest absolute Gasteiger partial charge is 0.335 e. The van der Waals surface area contributed by atoms with Crippen LogP contribution in [0.15, 0.2) is 121 Å². The van der Waals surface area contributed by atoms with E-state index >= 15 is 0 Å². The number of hydrogen-bond acceptors (Lipinski definition) is 6. The average Bonchev–Trinajstić information content (AvgIpc) is 0.801. The molecule has 0 aliphatic rings. The van der Waals surface area contributed by atoms with E-state index in [-0.39, 0.29) is 11.1 Å². The SMILES string of the molecule is CCCCCCCCCCCCOc1cc(-c2ccc(C(=O)O)cc2)c(OCCCCCCCCCCCC)cc1-c1ccc(C#Cc2ccc(-c3cc(OCCCCCCCCCCCC)c(-c4ccc(C(=O)O)cc4)cc3OCCCCCCCCCCCC)cc2)cc1. The Morgan fingerprint density at radius 3 is 0.625 bits per heavy atom. The lowest BCUT2D eigenvalue weighted by Crippen LogP contribution is -2.03. The summed E-state index contributed by atoms with van der Waals surface area (Å²) in [5, 5.41) is 19.6. The first-order valence-corrected chi connectivity index (χ1v) is 38.5. The van der Waals surface area contributed by atoms with Crippen molar-refractivity contribution in [2.24, 2.45) is 0 Å². The molecule has 0 atom stereocenters. The van der Waals surface area contributed by atoms with E-state index in [0.717, 1.165) is 130 Å². The second-order valence-corrected chi connectivity index (χ2v) is 27.0. The minimum Gasteiger partial charge on any atom is -0.493 e. The molecule has 8 nitrogen and oxygen atoms in total. The standard InChI is InChI=1S/C88H122O8/c1-5-9-13-17-21-25-29-33-37-41-63-93-83-69-81(75-55-59-77(60-56-75)87(89)90)85(95-65-43-39-35-31-27-23-19-15-11-7-3)67-79(83)73-51-47-71(48-52-73)45-46-72-49-53-74(54-50-72)80-68-86(96-66-44-40-36-32-28-24-20-16-12-8-4)82(76-57-61-78(62-58-76)88(91)92)70-84(80)94-64-42-38-34-30-26-22-18-14-10-6-2/h47-62,67-70H,5-44,63-66H2,1-4H3,(H,89,90)(H,91,92). The average molecular weight is 1310 g/mol. The molecule has 0 saturated heterocycles. The van der Waals surface area contributed by atoms with Crippen LogP contribution in [-0.4, -0.2) is 48.6 Å². The van der Waals surface area contributed by atoms with Gasteiger partial charge in [0.1, 0.15) is 23.0 Å². The number of rotatable bonds is 54. The molecule has 6 rings (SSSR count). The van der Waals surface area contributed by atoms with Crippen molar-refractivity contribution in [3.8, 4) is 79.3 Å². The number of carbonyl (C=O) groups is 2. The fraction of sp³-hybridized carbons (Fsp3) is 0.545. The number of carboxylic acids is 2. The van der Waals surface area contributed by atoms with Gasteiger partial charge in [0, 0.05) is 33.4 Å². The first-order chi connectivity index (χ1) is 47.2. The van der Waals surface area contributed by atoms with Crippen molar-refractivity contribution in [2.45, 2.75) is 285 Å². The Kier molecular flexibility index (Phi) is 39.6. The van der Waals surface area contributed by atoms with E-state index in [9.17, 15) is 19.8 Å². The molecule has 2 N–H and O–H groups in total. The Balaban J connectivity index is 1.23. The van der Waals surface area contributed by atoms with Gasteiger partial charge in [-0.2, -0.15) is 0 Å². The number of benzene rings is 6. The van der Waals surface area contributed by atoms with E-state index in [1.54, 1.807) is 24.3 Å². The fourth-order valence-electron chi connectivity index (χ4n) is 12.8. The van der Waals surface area contributed by atoms with Gasteiger partial charge in [-0.25, -0.2) is 9.59 Å². The van der Waals surface area contributed by atoms with Gasteiger partial charge < -0.3 is 29.2 Å². The van der Waals surface area contributed by atoms with Crippen molar-refractivity contribution < 1.29 is 38.7 Å². The molecule has 96 heavy (non-hydrogen) atoms. The van der Waals surface area contributed by atoms with Gasteiger partial charge in [0.05, 0.1) is 37.6 Å². The second kappa shape index (κ2) is 48.7. The molecule has 8 heteroatoms. The summed E-state index contributed by atoms with van der Waals surface area (Å²) in [7, 11) is 0. The quantitative estimate of drug-likeness (QED) is 0.0287. The molecular formula is C88H122O8. The molecule has 0 spiro atoms. The zero-order valence-electron chi connectivity index (χ0n) is 60.0. The molecule has 6 aromatic carbocycles. The number of unbranched alkanes of at least 4 members (excludes halogenated alkanes) is 36. The molecular weight excluding hydrogens is 1180 g/mol. The van der Waals surface area contributed by atoms with Crippen molar-refractivity contribution >= 4 is 11.9 Å². The van der Waals surface area contributed by atoms with Crippen molar-refractivity contribution in [3.63, 3.8) is 0 Å². The first-order valence-electron chi connectivity index (χ1n) is 38.5. The highest BCUT2D eigenvalue weighted by atomic mass is 16.5. The van der Waals surface area contributed by atoms with Gasteiger partial charge >= 0.3 is 11.9 Å². The highest BCUT2D eigenvalue weighted by molar-refractivity contribution is 5.90. The number of carboxylic acid groups (broad SMARTS) is 2. The maximum Gasteiger partial charge on any atom is 0.335 e. The molecule has 0 radical (unpaired) electrons. The van der Waals surface area contributed by atoms with E-state index in [1.807, 2.05) is 24.3 Å². The van der Waals surface area contributed by atoms with Gasteiger partial charge in [-0.05, 0) is 121 Å². The van der Waals surface area contributed by atoms with E-state index in [4.69, 9.17) is 18.9 Å². The Morgan fingerprint density at radius 1 is 0.260 bits per heavy atom. The van der Waals surface area contributed by atoms with Gasteiger partial charge in [-0.3, -0.25) is 0 Å². The van der Waals surface area contributed by atoms with Crippen molar-refractivity contribution in [2.75, 3.05) is 26.4 Å². The van der Waals surface area contributed by atoms with Crippen molar-refractivity contribution in [3.05, 3.63) is 144 Å². The van der Waals surface area contributed by atoms with Crippen LogP contribution < -0.4 is 18.9 Å². The molecule has 0 heterocycles. The Morgan fingerprint density at radius 2 is 0.438 bits per heavy atom. The summed E-state index contributed by atoms with van der Waals surface area (Å²) in [6.45, 7) is 11.5. The largest absolute Gasteiger partial charge is 0.493 e. The monoisotopic (exact) mass is 1310 g/mol. The van der Waals surface area contributed by atoms with Crippen LogP contribution in [0.2, 0.25) is 0 Å². The molecule has 0 saturated carbocycles. The molecule has 0 aromatic heterocycles. The highest BCUT2D eigenvalue weighted by Gasteiger charge is 2.19. The van der Waals surface area contributed by atoms with Crippen LogP contribution >= 0.6 is 0 Å². The lowest BCUT2D eigenvalue weighted by atomic mass is 9.96. The summed E-state index contributed by atoms with van der Waals surface area (Å²) in [6.07, 6.45) is 49.8. The normalized spacial score (nSPS) is 11.2. The lowest BCUT2D eigenvalue weighted by molar-refractivity contribution is 0.0686. The minimum atomic E-state index is -0.951. The van der Waals surface area contributed by atoms with Crippen molar-refractivity contribution in [1.82, 2.24) is 0 Å². The van der Waals surface area contributed by atoms with Crippen LogP contribution in [-0.2, 0) is 0 Å². The Bertz CT molecular complexity index is 2900. The fourth-order valence-corrected chi connectivity index (χ4v) is 12.8. The number of hydrogen-bond donors (Lipinski definition) is 2. The molecule has 0 bridgehead atoms. The second-order valence-electron chi connectivity index (χ2n) is 27.0.